The van der Waals surface area contributed by atoms with Gasteiger partial charge in [-0.15, -0.1) is 18.3 Å². The quantitative estimate of drug-likeness (QED) is 0.509. The summed E-state index contributed by atoms with van der Waals surface area (Å²) in [6, 6.07) is 9.21. The van der Waals surface area contributed by atoms with E-state index in [2.05, 4.69) is 11.6 Å². The summed E-state index contributed by atoms with van der Waals surface area (Å²) >= 11 is 1.50. The van der Waals surface area contributed by atoms with Crippen LogP contribution >= 0.6 is 11.8 Å². The molecule has 0 radical (unpaired) electrons. The van der Waals surface area contributed by atoms with Crippen LogP contribution in [-0.2, 0) is 9.59 Å². The van der Waals surface area contributed by atoms with Gasteiger partial charge < -0.3 is 10.0 Å². The summed E-state index contributed by atoms with van der Waals surface area (Å²) in [7, 11) is 0. The van der Waals surface area contributed by atoms with Gasteiger partial charge in [0.2, 0.25) is 0 Å². The number of carbonyl (C=O) groups is 2. The largest absolute Gasteiger partial charge is 0.481 e. The fourth-order valence-electron chi connectivity index (χ4n) is 2.93. The van der Waals surface area contributed by atoms with Gasteiger partial charge in [-0.2, -0.15) is 0 Å². The number of aliphatic carboxylic acids is 1. The highest BCUT2D eigenvalue weighted by Crippen LogP contribution is 2.44. The minimum Gasteiger partial charge on any atom is -0.481 e. The molecular weight excluding hydrogens is 312 g/mol. The molecule has 120 valence electrons. The lowest BCUT2D eigenvalue weighted by Crippen LogP contribution is -2.68. The molecule has 0 aliphatic carbocycles. The summed E-state index contributed by atoms with van der Waals surface area (Å²) in [5.41, 5.74) is 0.0262. The Kier molecular flexibility index (Phi) is 4.26. The number of carboxylic acid groups (broad SMARTS) is 1. The molecule has 3 rings (SSSR count). The summed E-state index contributed by atoms with van der Waals surface area (Å²) < 4.78 is 0. The predicted molar refractivity (Wildman–Crippen MR) is 90.7 cm³/mol. The molecule has 1 N–H and O–H groups in total. The molecule has 1 aromatic carbocycles. The Morgan fingerprint density at radius 1 is 1.48 bits per heavy atom. The first-order chi connectivity index (χ1) is 11.1. The van der Waals surface area contributed by atoms with Gasteiger partial charge in [0, 0.05) is 18.5 Å². The van der Waals surface area contributed by atoms with E-state index in [4.69, 9.17) is 0 Å². The van der Waals surface area contributed by atoms with Gasteiger partial charge in [-0.1, -0.05) is 36.4 Å². The summed E-state index contributed by atoms with van der Waals surface area (Å²) in [5, 5.41) is 9.47. The number of β-lactam (4-membered cyclic amide) rings is 1. The van der Waals surface area contributed by atoms with E-state index in [9.17, 15) is 14.7 Å². The maximum Gasteiger partial charge on any atom is 0.312 e. The maximum atomic E-state index is 12.3. The van der Waals surface area contributed by atoms with Crippen molar-refractivity contribution in [3.05, 3.63) is 48.6 Å². The Labute approximate surface area is 139 Å². The second kappa shape index (κ2) is 6.20. The minimum atomic E-state index is -0.924. The van der Waals surface area contributed by atoms with E-state index in [1.54, 1.807) is 17.2 Å². The van der Waals surface area contributed by atoms with E-state index in [1.165, 1.54) is 11.8 Å². The van der Waals surface area contributed by atoms with Crippen LogP contribution in [0.4, 0.5) is 0 Å². The fourth-order valence-corrected chi connectivity index (χ4v) is 4.48. The van der Waals surface area contributed by atoms with Crippen molar-refractivity contribution in [1.29, 1.82) is 0 Å². The zero-order valence-electron chi connectivity index (χ0n) is 12.6. The molecule has 1 amide bonds. The van der Waals surface area contributed by atoms with E-state index in [0.717, 1.165) is 5.56 Å². The van der Waals surface area contributed by atoms with Crippen LogP contribution in [-0.4, -0.2) is 51.8 Å². The standard InChI is InChI=1S/C17H18N2O3S/c1-2-8-17(16(21)22)10-19-14(20)13(15(19)23-11-17)18-9-12-6-4-3-5-7-12/h2-7,9,13,15H,1,8,10-11H2,(H,21,22)/t13?,15-,17?/m1/s1. The molecule has 0 spiro atoms. The van der Waals surface area contributed by atoms with Crippen LogP contribution in [0.5, 0.6) is 0 Å². The highest BCUT2D eigenvalue weighted by molar-refractivity contribution is 8.00. The SMILES string of the molecule is C=CCC1(C(=O)O)CS[C@@H]2C(N=Cc3ccccc3)C(=O)N2C1. The van der Waals surface area contributed by atoms with E-state index in [1.807, 2.05) is 30.3 Å². The number of thioether (sulfide) groups is 1. The van der Waals surface area contributed by atoms with Gasteiger partial charge in [0.25, 0.3) is 5.91 Å². The molecule has 0 bridgehead atoms. The first-order valence-corrected chi connectivity index (χ1v) is 8.47. The zero-order valence-corrected chi connectivity index (χ0v) is 13.4. The van der Waals surface area contributed by atoms with Crippen LogP contribution in [0.15, 0.2) is 48.0 Å². The van der Waals surface area contributed by atoms with E-state index in [0.29, 0.717) is 12.2 Å². The van der Waals surface area contributed by atoms with Crippen LogP contribution in [0.2, 0.25) is 0 Å². The molecule has 2 fully saturated rings. The number of hydrogen-bond acceptors (Lipinski definition) is 4. The number of rotatable bonds is 5. The molecule has 2 aliphatic heterocycles. The van der Waals surface area contributed by atoms with Gasteiger partial charge in [0.1, 0.15) is 5.37 Å². The maximum absolute atomic E-state index is 12.3. The molecular formula is C17H18N2O3S. The van der Waals surface area contributed by atoms with Crippen molar-refractivity contribution in [3.63, 3.8) is 0 Å². The number of aliphatic imine (C=N–C) groups is 1. The molecule has 5 nitrogen and oxygen atoms in total. The number of amides is 1. The summed E-state index contributed by atoms with van der Waals surface area (Å²) in [6.45, 7) is 3.88. The average Bonchev–Trinajstić information content (AvgIpc) is 2.56. The molecule has 2 aliphatic rings. The van der Waals surface area contributed by atoms with Crippen molar-refractivity contribution in [1.82, 2.24) is 4.90 Å². The molecule has 6 heteroatoms. The lowest BCUT2D eigenvalue weighted by atomic mass is 9.84. The van der Waals surface area contributed by atoms with Crippen molar-refractivity contribution in [2.24, 2.45) is 10.4 Å². The first-order valence-electron chi connectivity index (χ1n) is 7.42. The molecule has 2 heterocycles. The smallest absolute Gasteiger partial charge is 0.312 e. The van der Waals surface area contributed by atoms with Gasteiger partial charge in [-0.3, -0.25) is 14.6 Å². The molecule has 3 atom stereocenters. The highest BCUT2D eigenvalue weighted by atomic mass is 32.2. The molecule has 23 heavy (non-hydrogen) atoms. The lowest BCUT2D eigenvalue weighted by Gasteiger charge is -2.52. The van der Waals surface area contributed by atoms with Crippen molar-refractivity contribution < 1.29 is 14.7 Å². The second-order valence-electron chi connectivity index (χ2n) is 5.88. The summed E-state index contributed by atoms with van der Waals surface area (Å²) in [5.74, 6) is -0.489. The molecule has 2 saturated heterocycles. The fraction of sp³-hybridized carbons (Fsp3) is 0.353. The first kappa shape index (κ1) is 15.8. The van der Waals surface area contributed by atoms with Crippen molar-refractivity contribution in [2.75, 3.05) is 12.3 Å². The summed E-state index contributed by atoms with van der Waals surface area (Å²) in [6.07, 6.45) is 3.69. The van der Waals surface area contributed by atoms with Crippen LogP contribution < -0.4 is 0 Å². The zero-order chi connectivity index (χ0) is 16.4. The van der Waals surface area contributed by atoms with Crippen molar-refractivity contribution >= 4 is 29.9 Å². The van der Waals surface area contributed by atoms with Gasteiger partial charge in [0.15, 0.2) is 6.04 Å². The molecule has 2 unspecified atom stereocenters. The lowest BCUT2D eigenvalue weighted by molar-refractivity contribution is -0.156. The number of carbonyl (C=O) groups excluding carboxylic acids is 1. The van der Waals surface area contributed by atoms with Gasteiger partial charge in [0.05, 0.1) is 5.41 Å². The van der Waals surface area contributed by atoms with Crippen molar-refractivity contribution in [3.8, 4) is 0 Å². The molecule has 0 aromatic heterocycles. The number of benzene rings is 1. The third-order valence-corrected chi connectivity index (χ3v) is 5.86. The Bertz CT molecular complexity index is 661. The number of fused-ring (bicyclic) bond motifs is 1. The highest BCUT2D eigenvalue weighted by Gasteiger charge is 2.56. The second-order valence-corrected chi connectivity index (χ2v) is 6.98. The third-order valence-electron chi connectivity index (χ3n) is 4.29. The Balaban J connectivity index is 1.71. The van der Waals surface area contributed by atoms with Crippen molar-refractivity contribution in [2.45, 2.75) is 17.8 Å². The van der Waals surface area contributed by atoms with Gasteiger partial charge >= 0.3 is 5.97 Å². The normalized spacial score (nSPS) is 29.9. The summed E-state index contributed by atoms with van der Waals surface area (Å²) in [4.78, 5) is 30.0. The number of carboxylic acids is 1. The predicted octanol–water partition coefficient (Wildman–Crippen LogP) is 2.04. The minimum absolute atomic E-state index is 0.0558. The van der Waals surface area contributed by atoms with Crippen LogP contribution in [0.3, 0.4) is 0 Å². The van der Waals surface area contributed by atoms with Gasteiger partial charge in [-0.25, -0.2) is 0 Å². The van der Waals surface area contributed by atoms with Crippen LogP contribution in [0.1, 0.15) is 12.0 Å². The monoisotopic (exact) mass is 330 g/mol. The Morgan fingerprint density at radius 2 is 2.22 bits per heavy atom. The Morgan fingerprint density at radius 3 is 2.87 bits per heavy atom. The van der Waals surface area contributed by atoms with E-state index < -0.39 is 17.4 Å². The third kappa shape index (κ3) is 2.79. The Hall–Kier alpha value is -2.08. The molecule has 1 aromatic rings. The molecule has 0 saturated carbocycles. The number of allylic oxidation sites excluding steroid dienone is 1. The van der Waals surface area contributed by atoms with E-state index in [-0.39, 0.29) is 17.8 Å². The van der Waals surface area contributed by atoms with Gasteiger partial charge in [-0.05, 0) is 12.0 Å². The van der Waals surface area contributed by atoms with E-state index >= 15 is 0 Å². The topological polar surface area (TPSA) is 70.0 Å². The van der Waals surface area contributed by atoms with Crippen LogP contribution in [0, 0.1) is 5.41 Å². The van der Waals surface area contributed by atoms with Crippen LogP contribution in [0.25, 0.3) is 0 Å². The number of hydrogen-bond donors (Lipinski definition) is 1. The number of nitrogens with zero attached hydrogens (tertiary/aromatic N) is 2. The average molecular weight is 330 g/mol.